The molecular formula is C18H33N5O3. The van der Waals surface area contributed by atoms with Gasteiger partial charge in [0.1, 0.15) is 12.6 Å². The van der Waals surface area contributed by atoms with Gasteiger partial charge in [0.15, 0.2) is 5.96 Å². The molecule has 2 amide bonds. The van der Waals surface area contributed by atoms with Crippen LogP contribution in [0.3, 0.4) is 0 Å². The summed E-state index contributed by atoms with van der Waals surface area (Å²) in [4.78, 5) is 34.4. The predicted octanol–water partition coefficient (Wildman–Crippen LogP) is 0.144. The Hall–Kier alpha value is -1.83. The maximum atomic E-state index is 12.5. The molecule has 2 heterocycles. The summed E-state index contributed by atoms with van der Waals surface area (Å²) in [6, 6.07) is 0. The summed E-state index contributed by atoms with van der Waals surface area (Å²) < 4.78 is 5.51. The van der Waals surface area contributed by atoms with Crippen LogP contribution in [0.2, 0.25) is 0 Å². The monoisotopic (exact) mass is 367 g/mol. The normalized spacial score (nSPS) is 21.0. The number of ether oxygens (including phenoxy) is 1. The minimum Gasteiger partial charge on any atom is -0.368 e. The van der Waals surface area contributed by atoms with Crippen LogP contribution in [0.25, 0.3) is 0 Å². The van der Waals surface area contributed by atoms with Gasteiger partial charge in [-0.1, -0.05) is 13.3 Å². The van der Waals surface area contributed by atoms with Crippen LogP contribution in [0.4, 0.5) is 0 Å². The van der Waals surface area contributed by atoms with Crippen LogP contribution in [0.5, 0.6) is 0 Å². The zero-order valence-corrected chi connectivity index (χ0v) is 16.4. The third-order valence-electron chi connectivity index (χ3n) is 4.77. The second kappa shape index (κ2) is 10.4. The highest BCUT2D eigenvalue weighted by Gasteiger charge is 2.30. The number of nitrogens with one attached hydrogen (secondary N) is 1. The first-order valence-corrected chi connectivity index (χ1v) is 9.66. The Morgan fingerprint density at radius 3 is 2.46 bits per heavy atom. The number of carbonyl (C=O) groups is 2. The van der Waals surface area contributed by atoms with Crippen molar-refractivity contribution < 1.29 is 14.3 Å². The molecule has 2 rings (SSSR count). The number of nitrogens with zero attached hydrogens (tertiary/aromatic N) is 4. The molecule has 1 N–H and O–H groups in total. The fourth-order valence-corrected chi connectivity index (χ4v) is 3.04. The number of unbranched alkanes of at least 4 members (excludes halogenated alkanes) is 1. The first kappa shape index (κ1) is 20.5. The van der Waals surface area contributed by atoms with Crippen LogP contribution in [-0.2, 0) is 14.3 Å². The van der Waals surface area contributed by atoms with Crippen molar-refractivity contribution in [3.63, 3.8) is 0 Å². The van der Waals surface area contributed by atoms with E-state index >= 15 is 0 Å². The van der Waals surface area contributed by atoms with E-state index in [1.807, 2.05) is 4.90 Å². The van der Waals surface area contributed by atoms with Crippen molar-refractivity contribution in [2.75, 3.05) is 60.0 Å². The molecule has 0 spiro atoms. The average Bonchev–Trinajstić information content (AvgIpc) is 3.18. The second-order valence-electron chi connectivity index (χ2n) is 7.02. The molecule has 148 valence electrons. The number of rotatable bonds is 6. The van der Waals surface area contributed by atoms with Gasteiger partial charge in [0.25, 0.3) is 5.91 Å². The summed E-state index contributed by atoms with van der Waals surface area (Å²) in [5, 5.41) is 3.36. The Morgan fingerprint density at radius 2 is 1.88 bits per heavy atom. The topological polar surface area (TPSA) is 77.5 Å². The van der Waals surface area contributed by atoms with E-state index in [0.717, 1.165) is 38.2 Å². The highest BCUT2D eigenvalue weighted by Crippen LogP contribution is 2.16. The molecule has 0 aromatic rings. The van der Waals surface area contributed by atoms with E-state index in [0.29, 0.717) is 32.8 Å². The van der Waals surface area contributed by atoms with Crippen molar-refractivity contribution in [1.29, 1.82) is 0 Å². The molecule has 0 bridgehead atoms. The lowest BCUT2D eigenvalue weighted by Crippen LogP contribution is -2.55. The maximum Gasteiger partial charge on any atom is 0.251 e. The van der Waals surface area contributed by atoms with Crippen LogP contribution in [0, 0.1) is 0 Å². The van der Waals surface area contributed by atoms with E-state index < -0.39 is 0 Å². The Bertz CT molecular complexity index is 495. The zero-order chi connectivity index (χ0) is 18.9. The molecular weight excluding hydrogens is 334 g/mol. The number of hydrogen-bond donors (Lipinski definition) is 1. The van der Waals surface area contributed by atoms with Crippen molar-refractivity contribution in [2.45, 2.75) is 38.7 Å². The lowest BCUT2D eigenvalue weighted by Gasteiger charge is -2.37. The minimum atomic E-state index is -0.255. The van der Waals surface area contributed by atoms with E-state index in [1.54, 1.807) is 19.0 Å². The fourth-order valence-electron chi connectivity index (χ4n) is 3.04. The molecule has 2 saturated heterocycles. The number of guanidine groups is 1. The van der Waals surface area contributed by atoms with Gasteiger partial charge in [-0.15, -0.1) is 0 Å². The molecule has 1 atom stereocenters. The molecule has 0 aromatic heterocycles. The highest BCUT2D eigenvalue weighted by atomic mass is 16.5. The highest BCUT2D eigenvalue weighted by molar-refractivity contribution is 5.85. The summed E-state index contributed by atoms with van der Waals surface area (Å²) in [5.41, 5.74) is 0. The van der Waals surface area contributed by atoms with Gasteiger partial charge < -0.3 is 24.8 Å². The Labute approximate surface area is 156 Å². The van der Waals surface area contributed by atoms with Crippen LogP contribution in [0.1, 0.15) is 32.6 Å². The predicted molar refractivity (Wildman–Crippen MR) is 101 cm³/mol. The van der Waals surface area contributed by atoms with Crippen LogP contribution >= 0.6 is 0 Å². The van der Waals surface area contributed by atoms with Crippen molar-refractivity contribution in [3.05, 3.63) is 0 Å². The van der Waals surface area contributed by atoms with Crippen molar-refractivity contribution in [1.82, 2.24) is 20.0 Å². The van der Waals surface area contributed by atoms with Gasteiger partial charge in [0.05, 0.1) is 0 Å². The standard InChI is InChI=1S/C18H33N5O3/c1-4-5-8-19-18(20-14-16(24)21(2)3)23-11-9-22(10-12-23)17(25)15-7-6-13-26-15/h15H,4-14H2,1-3H3,(H,19,20). The number of hydrogen-bond acceptors (Lipinski definition) is 4. The quantitative estimate of drug-likeness (QED) is 0.411. The Balaban J connectivity index is 1.90. The molecule has 2 fully saturated rings. The second-order valence-corrected chi connectivity index (χ2v) is 7.02. The summed E-state index contributed by atoms with van der Waals surface area (Å²) in [6.07, 6.45) is 3.69. The molecule has 2 aliphatic rings. The van der Waals surface area contributed by atoms with Gasteiger partial charge >= 0.3 is 0 Å². The number of carbonyl (C=O) groups excluding carboxylic acids is 2. The molecule has 8 heteroatoms. The Morgan fingerprint density at radius 1 is 1.19 bits per heavy atom. The number of amides is 2. The summed E-state index contributed by atoms with van der Waals surface area (Å²) in [7, 11) is 3.47. The number of piperazine rings is 1. The molecule has 0 radical (unpaired) electrons. The van der Waals surface area contributed by atoms with E-state index in [-0.39, 0.29) is 24.5 Å². The van der Waals surface area contributed by atoms with Crippen molar-refractivity contribution >= 4 is 17.8 Å². The van der Waals surface area contributed by atoms with Gasteiger partial charge in [0.2, 0.25) is 5.91 Å². The molecule has 26 heavy (non-hydrogen) atoms. The van der Waals surface area contributed by atoms with Gasteiger partial charge in [-0.2, -0.15) is 0 Å². The fraction of sp³-hybridized carbons (Fsp3) is 0.833. The first-order chi connectivity index (χ1) is 12.5. The van der Waals surface area contributed by atoms with Crippen molar-refractivity contribution in [3.8, 4) is 0 Å². The van der Waals surface area contributed by atoms with E-state index in [2.05, 4.69) is 22.1 Å². The molecule has 1 unspecified atom stereocenters. The number of likely N-dealkylation sites (N-methyl/N-ethyl adjacent to an activating group) is 1. The molecule has 8 nitrogen and oxygen atoms in total. The molecule has 2 aliphatic heterocycles. The van der Waals surface area contributed by atoms with Crippen LogP contribution in [0.15, 0.2) is 4.99 Å². The summed E-state index contributed by atoms with van der Waals surface area (Å²) in [6.45, 7) is 6.55. The van der Waals surface area contributed by atoms with Crippen LogP contribution in [-0.4, -0.2) is 98.5 Å². The Kier molecular flexibility index (Phi) is 8.15. The lowest BCUT2D eigenvalue weighted by atomic mass is 10.2. The van der Waals surface area contributed by atoms with E-state index in [9.17, 15) is 9.59 Å². The minimum absolute atomic E-state index is 0.0213. The average molecular weight is 367 g/mol. The number of aliphatic imine (C=N–C) groups is 1. The first-order valence-electron chi connectivity index (χ1n) is 9.66. The third kappa shape index (κ3) is 5.86. The summed E-state index contributed by atoms with van der Waals surface area (Å²) >= 11 is 0. The smallest absolute Gasteiger partial charge is 0.251 e. The van der Waals surface area contributed by atoms with Gasteiger partial charge in [0, 0.05) is 53.4 Å². The lowest BCUT2D eigenvalue weighted by molar-refractivity contribution is -0.142. The van der Waals surface area contributed by atoms with Gasteiger partial charge in [-0.3, -0.25) is 9.59 Å². The van der Waals surface area contributed by atoms with Gasteiger partial charge in [-0.25, -0.2) is 4.99 Å². The zero-order valence-electron chi connectivity index (χ0n) is 16.4. The summed E-state index contributed by atoms with van der Waals surface area (Å²) in [5.74, 6) is 0.854. The van der Waals surface area contributed by atoms with Crippen molar-refractivity contribution in [2.24, 2.45) is 4.99 Å². The third-order valence-corrected chi connectivity index (χ3v) is 4.77. The largest absolute Gasteiger partial charge is 0.368 e. The molecule has 0 saturated carbocycles. The van der Waals surface area contributed by atoms with E-state index in [1.165, 1.54) is 0 Å². The maximum absolute atomic E-state index is 12.5. The molecule has 0 aromatic carbocycles. The SMILES string of the molecule is CCCCNC(=NCC(=O)N(C)C)N1CCN(C(=O)C2CCCO2)CC1. The van der Waals surface area contributed by atoms with Crippen LogP contribution < -0.4 is 5.32 Å². The van der Waals surface area contributed by atoms with E-state index in [4.69, 9.17) is 4.74 Å². The van der Waals surface area contributed by atoms with Gasteiger partial charge in [-0.05, 0) is 19.3 Å². The molecule has 0 aliphatic carbocycles.